The van der Waals surface area contributed by atoms with Crippen molar-refractivity contribution in [3.63, 3.8) is 0 Å². The van der Waals surface area contributed by atoms with E-state index in [1.165, 1.54) is 4.90 Å². The van der Waals surface area contributed by atoms with Gasteiger partial charge in [-0.25, -0.2) is 9.97 Å². The summed E-state index contributed by atoms with van der Waals surface area (Å²) in [7, 11) is 0. The van der Waals surface area contributed by atoms with Crippen molar-refractivity contribution < 1.29 is 35.6 Å². The summed E-state index contributed by atoms with van der Waals surface area (Å²) in [6.07, 6.45) is -5.82. The number of furan rings is 1. The molecule has 5 aromatic rings. The summed E-state index contributed by atoms with van der Waals surface area (Å²) in [5, 5.41) is 3.46. The van der Waals surface area contributed by atoms with Crippen LogP contribution in [0.3, 0.4) is 0 Å². The Balaban J connectivity index is 1.31. The first-order valence-corrected chi connectivity index (χ1v) is 14.2. The number of likely N-dealkylation sites (tertiary alicyclic amines) is 1. The van der Waals surface area contributed by atoms with E-state index in [1.54, 1.807) is 24.6 Å². The number of halogens is 6. The minimum atomic E-state index is -5.06. The van der Waals surface area contributed by atoms with E-state index in [9.17, 15) is 31.1 Å². The lowest BCUT2D eigenvalue weighted by Crippen LogP contribution is -2.50. The first-order chi connectivity index (χ1) is 21.5. The highest BCUT2D eigenvalue weighted by atomic mass is 19.4. The van der Waals surface area contributed by atoms with Crippen LogP contribution in [0.2, 0.25) is 0 Å². The molecule has 1 amide bonds. The maximum absolute atomic E-state index is 13.7. The zero-order valence-electron chi connectivity index (χ0n) is 23.6. The highest BCUT2D eigenvalue weighted by Gasteiger charge is 2.39. The number of imidazole rings is 1. The molecule has 1 fully saturated rings. The summed E-state index contributed by atoms with van der Waals surface area (Å²) in [4.78, 5) is 24.3. The molecule has 45 heavy (non-hydrogen) atoms. The molecule has 1 aliphatic heterocycles. The van der Waals surface area contributed by atoms with Crippen molar-refractivity contribution in [2.45, 2.75) is 50.2 Å². The quantitative estimate of drug-likeness (QED) is 0.190. The number of hydrogen-bond acceptors (Lipinski definition) is 5. The lowest BCUT2D eigenvalue weighted by molar-refractivity contribution is -0.143. The Morgan fingerprint density at radius 1 is 0.933 bits per heavy atom. The number of fused-ring (bicyclic) bond motifs is 1. The molecular formula is C32H27F6N5O2. The number of amides is 1. The lowest BCUT2D eigenvalue weighted by Gasteiger charge is -2.40. The molecule has 0 bridgehead atoms. The van der Waals surface area contributed by atoms with Crippen LogP contribution in [0.1, 0.15) is 45.7 Å². The second-order valence-corrected chi connectivity index (χ2v) is 10.9. The number of nitrogens with one attached hydrogen (secondary N) is 1. The molecule has 2 aromatic carbocycles. The van der Waals surface area contributed by atoms with Gasteiger partial charge in [0.2, 0.25) is 5.95 Å². The number of benzene rings is 2. The van der Waals surface area contributed by atoms with Crippen LogP contribution in [0.15, 0.2) is 89.7 Å². The first kappa shape index (κ1) is 30.2. The standard InChI is InChI=1S/C32H27F6N5O2/c33-31(34,35)22-15-21(16-23(17-22)32(36,37)38)29(44)42-12-10-24(18-25(42)14-20-6-2-1-3-7-20)40-30-41-27-9-4-11-39-28(27)43(30)19-26-8-5-13-45-26/h1-9,11,13,15-17,24-25H,10,12,14,18-19H2,(H,40,41)/t24-,25+/m1/s1. The number of aromatic nitrogens is 3. The Kier molecular flexibility index (Phi) is 8.02. The number of pyridine rings is 1. The van der Waals surface area contributed by atoms with E-state index in [0.29, 0.717) is 60.8 Å². The second kappa shape index (κ2) is 11.9. The maximum atomic E-state index is 13.7. The van der Waals surface area contributed by atoms with Gasteiger partial charge in [-0.15, -0.1) is 0 Å². The van der Waals surface area contributed by atoms with E-state index in [-0.39, 0.29) is 18.7 Å². The Labute approximate surface area is 253 Å². The van der Waals surface area contributed by atoms with Crippen LogP contribution in [0.5, 0.6) is 0 Å². The molecule has 0 saturated carbocycles. The van der Waals surface area contributed by atoms with Gasteiger partial charge in [0.25, 0.3) is 5.91 Å². The van der Waals surface area contributed by atoms with Crippen molar-refractivity contribution in [3.05, 3.63) is 113 Å². The minimum absolute atomic E-state index is 0.0258. The summed E-state index contributed by atoms with van der Waals surface area (Å²) < 4.78 is 88.9. The highest BCUT2D eigenvalue weighted by Crippen LogP contribution is 2.37. The number of carbonyl (C=O) groups is 1. The van der Waals surface area contributed by atoms with Crippen molar-refractivity contribution in [1.82, 2.24) is 19.4 Å². The maximum Gasteiger partial charge on any atom is 0.416 e. The molecule has 3 aromatic heterocycles. The third-order valence-electron chi connectivity index (χ3n) is 7.86. The summed E-state index contributed by atoms with van der Waals surface area (Å²) in [5.74, 6) is 0.320. The number of nitrogens with zero attached hydrogens (tertiary/aromatic N) is 4. The molecule has 0 unspecified atom stereocenters. The van der Waals surface area contributed by atoms with Crippen LogP contribution in [-0.2, 0) is 25.3 Å². The third kappa shape index (κ3) is 6.66. The van der Waals surface area contributed by atoms with Gasteiger partial charge >= 0.3 is 12.4 Å². The Morgan fingerprint density at radius 2 is 1.67 bits per heavy atom. The van der Waals surface area contributed by atoms with Gasteiger partial charge in [-0.2, -0.15) is 26.3 Å². The predicted octanol–water partition coefficient (Wildman–Crippen LogP) is 7.44. The van der Waals surface area contributed by atoms with Crippen molar-refractivity contribution in [2.75, 3.05) is 11.9 Å². The highest BCUT2D eigenvalue weighted by molar-refractivity contribution is 5.95. The number of carbonyl (C=O) groups excluding carboxylic acids is 1. The largest absolute Gasteiger partial charge is 0.467 e. The Hall–Kier alpha value is -4.81. The average molecular weight is 628 g/mol. The Bertz CT molecular complexity index is 1750. The molecule has 6 rings (SSSR count). The van der Waals surface area contributed by atoms with Gasteiger partial charge in [0.05, 0.1) is 23.9 Å². The number of hydrogen-bond donors (Lipinski definition) is 1. The molecule has 1 N–H and O–H groups in total. The van der Waals surface area contributed by atoms with Gasteiger partial charge in [0.15, 0.2) is 5.65 Å². The van der Waals surface area contributed by atoms with Crippen LogP contribution in [0, 0.1) is 0 Å². The van der Waals surface area contributed by atoms with Crippen molar-refractivity contribution in [2.24, 2.45) is 0 Å². The van der Waals surface area contributed by atoms with E-state index < -0.39 is 41.0 Å². The number of rotatable bonds is 7. The molecule has 4 heterocycles. The summed E-state index contributed by atoms with van der Waals surface area (Å²) in [6.45, 7) is 0.451. The molecule has 0 aliphatic carbocycles. The van der Waals surface area contributed by atoms with Gasteiger partial charge in [0, 0.05) is 30.4 Å². The molecule has 13 heteroatoms. The van der Waals surface area contributed by atoms with E-state index in [0.717, 1.165) is 5.56 Å². The Morgan fingerprint density at radius 3 is 2.33 bits per heavy atom. The van der Waals surface area contributed by atoms with Gasteiger partial charge in [-0.1, -0.05) is 30.3 Å². The van der Waals surface area contributed by atoms with Crippen LogP contribution in [0.25, 0.3) is 11.2 Å². The van der Waals surface area contributed by atoms with Gasteiger partial charge in [-0.05, 0) is 67.3 Å². The molecule has 2 atom stereocenters. The van der Waals surface area contributed by atoms with E-state index in [1.807, 2.05) is 47.0 Å². The van der Waals surface area contributed by atoms with Crippen LogP contribution in [0.4, 0.5) is 32.3 Å². The van der Waals surface area contributed by atoms with Crippen LogP contribution < -0.4 is 5.32 Å². The summed E-state index contributed by atoms with van der Waals surface area (Å²) in [6, 6.07) is 16.7. The SMILES string of the molecule is O=C(c1cc(C(F)(F)F)cc(C(F)(F)F)c1)N1CC[C@@H](Nc2nc3cccnc3n2Cc2ccco2)C[C@@H]1Cc1ccccc1. The molecular weight excluding hydrogens is 600 g/mol. The average Bonchev–Trinajstić information content (AvgIpc) is 3.65. The van der Waals surface area contributed by atoms with Crippen LogP contribution >= 0.6 is 0 Å². The number of anilines is 1. The smallest absolute Gasteiger partial charge is 0.416 e. The van der Waals surface area contributed by atoms with E-state index >= 15 is 0 Å². The monoisotopic (exact) mass is 627 g/mol. The molecule has 234 valence electrons. The fourth-order valence-electron chi connectivity index (χ4n) is 5.73. The number of piperidine rings is 1. The van der Waals surface area contributed by atoms with E-state index in [2.05, 4.69) is 10.3 Å². The molecule has 0 radical (unpaired) electrons. The van der Waals surface area contributed by atoms with Crippen molar-refractivity contribution in [1.29, 1.82) is 0 Å². The van der Waals surface area contributed by atoms with Gasteiger partial charge in [0.1, 0.15) is 11.3 Å². The van der Waals surface area contributed by atoms with Crippen molar-refractivity contribution in [3.8, 4) is 0 Å². The first-order valence-electron chi connectivity index (χ1n) is 14.2. The fraction of sp³-hybridized carbons (Fsp3) is 0.281. The molecule has 7 nitrogen and oxygen atoms in total. The fourth-order valence-corrected chi connectivity index (χ4v) is 5.73. The summed E-state index contributed by atoms with van der Waals surface area (Å²) >= 11 is 0. The number of alkyl halides is 6. The normalized spacial score (nSPS) is 17.5. The zero-order valence-corrected chi connectivity index (χ0v) is 23.6. The van der Waals surface area contributed by atoms with Gasteiger partial charge < -0.3 is 14.6 Å². The lowest BCUT2D eigenvalue weighted by atomic mass is 9.91. The molecule has 0 spiro atoms. The zero-order chi connectivity index (χ0) is 31.8. The van der Waals surface area contributed by atoms with Gasteiger partial charge in [-0.3, -0.25) is 9.36 Å². The minimum Gasteiger partial charge on any atom is -0.467 e. The topological polar surface area (TPSA) is 76.2 Å². The second-order valence-electron chi connectivity index (χ2n) is 10.9. The van der Waals surface area contributed by atoms with E-state index in [4.69, 9.17) is 9.40 Å². The molecule has 1 saturated heterocycles. The molecule has 1 aliphatic rings. The predicted molar refractivity (Wildman–Crippen MR) is 153 cm³/mol. The third-order valence-corrected chi connectivity index (χ3v) is 7.86. The van der Waals surface area contributed by atoms with Crippen molar-refractivity contribution >= 4 is 23.0 Å². The van der Waals surface area contributed by atoms with Crippen LogP contribution in [-0.4, -0.2) is 44.0 Å². The summed E-state index contributed by atoms with van der Waals surface area (Å²) in [5.41, 5.74) is -1.55.